The van der Waals surface area contributed by atoms with Gasteiger partial charge in [-0.15, -0.1) is 0 Å². The zero-order valence-electron chi connectivity index (χ0n) is 24.8. The number of amides is 2. The first-order valence-corrected chi connectivity index (χ1v) is 13.6. The molecule has 0 saturated heterocycles. The number of rotatable bonds is 9. The Balaban J connectivity index is 1.63. The van der Waals surface area contributed by atoms with Crippen LogP contribution in [0.15, 0.2) is 60.9 Å². The molecule has 0 fully saturated rings. The van der Waals surface area contributed by atoms with Gasteiger partial charge in [-0.2, -0.15) is 36.9 Å². The van der Waals surface area contributed by atoms with Gasteiger partial charge in [-0.1, -0.05) is 0 Å². The van der Waals surface area contributed by atoms with Crippen molar-refractivity contribution in [1.29, 1.82) is 10.5 Å². The highest BCUT2D eigenvalue weighted by Crippen LogP contribution is 2.35. The number of benzene rings is 3. The molecule has 1 heterocycles. The molecule has 2 unspecified atom stereocenters. The van der Waals surface area contributed by atoms with Crippen LogP contribution in [0.2, 0.25) is 0 Å². The maximum atomic E-state index is 13.8. The molecule has 250 valence electrons. The maximum Gasteiger partial charge on any atom is 0.417 e. The largest absolute Gasteiger partial charge is 0.417 e. The number of nitrogens with one attached hydrogen (secondary N) is 2. The molecule has 0 aliphatic rings. The number of carbonyl (C=O) groups is 2. The average molecular weight is 677 g/mol. The molecule has 2 amide bonds. The van der Waals surface area contributed by atoms with Crippen molar-refractivity contribution in [1.82, 2.24) is 9.55 Å². The number of halogens is 7. The van der Waals surface area contributed by atoms with E-state index in [2.05, 4.69) is 15.6 Å². The molecule has 4 rings (SSSR count). The van der Waals surface area contributed by atoms with E-state index in [-0.39, 0.29) is 11.2 Å². The summed E-state index contributed by atoms with van der Waals surface area (Å²) >= 11 is 0. The first kappa shape index (κ1) is 35.3. The van der Waals surface area contributed by atoms with Crippen LogP contribution in [0.4, 0.5) is 42.1 Å². The zero-order valence-corrected chi connectivity index (χ0v) is 24.8. The number of nitrogens with zero attached hydrogens (tertiary/aromatic N) is 4. The van der Waals surface area contributed by atoms with Gasteiger partial charge in [-0.05, 0) is 62.4 Å². The van der Waals surface area contributed by atoms with Crippen molar-refractivity contribution in [2.45, 2.75) is 43.9 Å². The lowest BCUT2D eigenvalue weighted by molar-refractivity contribution is -0.159. The molecule has 0 saturated carbocycles. The first-order valence-electron chi connectivity index (χ1n) is 13.6. The average Bonchev–Trinajstić information content (AvgIpc) is 3.40. The summed E-state index contributed by atoms with van der Waals surface area (Å²) < 4.78 is 102. The van der Waals surface area contributed by atoms with E-state index in [1.807, 2.05) is 0 Å². The van der Waals surface area contributed by atoms with Crippen molar-refractivity contribution >= 4 is 34.2 Å². The van der Waals surface area contributed by atoms with Gasteiger partial charge >= 0.3 is 12.4 Å². The van der Waals surface area contributed by atoms with E-state index < -0.39 is 82.3 Å². The molecule has 10 nitrogen and oxygen atoms in total. The Labute approximate surface area is 267 Å². The Hall–Kier alpha value is -5.52. The Bertz CT molecular complexity index is 1980. The minimum Gasteiger partial charge on any atom is -0.378 e. The molecular weight excluding hydrogens is 653 g/mol. The summed E-state index contributed by atoms with van der Waals surface area (Å²) in [6, 6.07) is 11.1. The van der Waals surface area contributed by atoms with E-state index >= 15 is 0 Å². The second-order valence-corrected chi connectivity index (χ2v) is 10.9. The quantitative estimate of drug-likeness (QED) is 0.191. The van der Waals surface area contributed by atoms with Gasteiger partial charge in [0, 0.05) is 17.4 Å². The van der Waals surface area contributed by atoms with Crippen LogP contribution in [0.1, 0.15) is 36.1 Å². The summed E-state index contributed by atoms with van der Waals surface area (Å²) in [4.78, 5) is 30.7. The van der Waals surface area contributed by atoms with Gasteiger partial charge in [0.2, 0.25) is 0 Å². The number of ether oxygens (including phenoxy) is 1. The molecule has 0 aliphatic carbocycles. The molecular formula is C31H23F7N6O4. The van der Waals surface area contributed by atoms with E-state index in [0.29, 0.717) is 17.6 Å². The van der Waals surface area contributed by atoms with Crippen molar-refractivity contribution in [3.8, 4) is 12.1 Å². The predicted octanol–water partition coefficient (Wildman–Crippen LogP) is 5.76. The van der Waals surface area contributed by atoms with E-state index in [1.165, 1.54) is 36.0 Å². The van der Waals surface area contributed by atoms with Crippen LogP contribution in [0.25, 0.3) is 11.0 Å². The summed E-state index contributed by atoms with van der Waals surface area (Å²) in [5, 5.41) is 33.4. The summed E-state index contributed by atoms with van der Waals surface area (Å²) in [5.74, 6) is -2.96. The molecule has 0 bridgehead atoms. The maximum absolute atomic E-state index is 13.8. The van der Waals surface area contributed by atoms with E-state index in [4.69, 9.17) is 15.3 Å². The van der Waals surface area contributed by atoms with Crippen LogP contribution < -0.4 is 10.6 Å². The van der Waals surface area contributed by atoms with E-state index in [0.717, 1.165) is 43.3 Å². The molecule has 1 aromatic heterocycles. The lowest BCUT2D eigenvalue weighted by Crippen LogP contribution is -2.52. The third kappa shape index (κ3) is 7.71. The second kappa shape index (κ2) is 12.9. The third-order valence-corrected chi connectivity index (χ3v) is 7.10. The third-order valence-electron chi connectivity index (χ3n) is 7.10. The highest BCUT2D eigenvalue weighted by molar-refractivity contribution is 5.98. The van der Waals surface area contributed by atoms with Gasteiger partial charge in [0.15, 0.2) is 11.2 Å². The highest BCUT2D eigenvalue weighted by atomic mass is 19.4. The van der Waals surface area contributed by atoms with Crippen LogP contribution >= 0.6 is 0 Å². The number of nitriles is 2. The Morgan fingerprint density at radius 2 is 1.38 bits per heavy atom. The van der Waals surface area contributed by atoms with Crippen LogP contribution in [-0.2, 0) is 33.2 Å². The Morgan fingerprint density at radius 1 is 0.854 bits per heavy atom. The smallest absolute Gasteiger partial charge is 0.378 e. The molecule has 0 spiro atoms. The number of hydrogen-bond acceptors (Lipinski definition) is 7. The van der Waals surface area contributed by atoms with Crippen LogP contribution in [-0.4, -0.2) is 44.3 Å². The van der Waals surface area contributed by atoms with E-state index in [9.17, 15) is 45.4 Å². The summed E-state index contributed by atoms with van der Waals surface area (Å²) in [7, 11) is 0. The molecule has 17 heteroatoms. The summed E-state index contributed by atoms with van der Waals surface area (Å²) in [6.07, 6.45) is -8.67. The Kier molecular flexibility index (Phi) is 9.52. The number of fused-ring (bicyclic) bond motifs is 1. The summed E-state index contributed by atoms with van der Waals surface area (Å²) in [6.45, 7) is 0.677. The van der Waals surface area contributed by atoms with Gasteiger partial charge in [0.25, 0.3) is 11.8 Å². The molecule has 3 aromatic carbocycles. The fourth-order valence-electron chi connectivity index (χ4n) is 4.47. The molecule has 4 aromatic rings. The molecule has 0 aliphatic heterocycles. The fraction of sp³-hybridized carbons (Fsp3) is 0.258. The first-order chi connectivity index (χ1) is 22.3. The number of alkyl halides is 6. The molecule has 2 atom stereocenters. The van der Waals surface area contributed by atoms with Gasteiger partial charge in [0.05, 0.1) is 64.9 Å². The normalized spacial score (nSPS) is 14.3. The van der Waals surface area contributed by atoms with Crippen LogP contribution in [0.5, 0.6) is 0 Å². The van der Waals surface area contributed by atoms with Gasteiger partial charge in [-0.3, -0.25) is 9.59 Å². The standard InChI is InChI=1S/C31H23F7N6O4/c1-28(47,26(45)42-20-6-3-17(12-39)22(10-20)30(33,34)35)15-48-29(2,14-44-16-41-24-9-19(32)5-8-25(24)44)27(46)43-21-7-4-18(13-40)23(11-21)31(36,37)38/h3-11,16,47H,14-15H2,1-2H3,(H,42,45)(H,43,46). The van der Waals surface area contributed by atoms with E-state index in [1.54, 1.807) is 0 Å². The fourth-order valence-corrected chi connectivity index (χ4v) is 4.47. The lowest BCUT2D eigenvalue weighted by Gasteiger charge is -2.33. The van der Waals surface area contributed by atoms with Gasteiger partial charge < -0.3 is 25.0 Å². The molecule has 0 radical (unpaired) electrons. The van der Waals surface area contributed by atoms with Crippen molar-refractivity contribution < 1.29 is 50.2 Å². The topological polar surface area (TPSA) is 153 Å². The van der Waals surface area contributed by atoms with Crippen molar-refractivity contribution in [3.05, 3.63) is 89.0 Å². The monoisotopic (exact) mass is 676 g/mol. The highest BCUT2D eigenvalue weighted by Gasteiger charge is 2.41. The predicted molar refractivity (Wildman–Crippen MR) is 154 cm³/mol. The van der Waals surface area contributed by atoms with Gasteiger partial charge in [0.1, 0.15) is 5.82 Å². The van der Waals surface area contributed by atoms with Crippen LogP contribution in [0, 0.1) is 28.5 Å². The molecule has 3 N–H and O–H groups in total. The number of aromatic nitrogens is 2. The summed E-state index contributed by atoms with van der Waals surface area (Å²) in [5.41, 5.74) is -9.05. The molecule has 48 heavy (non-hydrogen) atoms. The van der Waals surface area contributed by atoms with Gasteiger partial charge in [-0.25, -0.2) is 9.37 Å². The van der Waals surface area contributed by atoms with Crippen LogP contribution in [0.3, 0.4) is 0 Å². The number of anilines is 2. The number of aliphatic hydroxyl groups is 1. The lowest BCUT2D eigenvalue weighted by atomic mass is 10.0. The van der Waals surface area contributed by atoms with Crippen molar-refractivity contribution in [2.75, 3.05) is 17.2 Å². The van der Waals surface area contributed by atoms with Crippen molar-refractivity contribution in [2.24, 2.45) is 0 Å². The SMILES string of the molecule is CC(O)(COC(C)(Cn1cnc2cc(F)ccc21)C(=O)Nc1ccc(C#N)c(C(F)(F)F)c1)C(=O)Nc1ccc(C#N)c(C(F)(F)F)c1. The zero-order chi connectivity index (χ0) is 35.7. The number of carbonyl (C=O) groups excluding carboxylic acids is 2. The minimum atomic E-state index is -4.95. The number of hydrogen-bond donors (Lipinski definition) is 3. The second-order valence-electron chi connectivity index (χ2n) is 10.9. The van der Waals surface area contributed by atoms with Crippen molar-refractivity contribution in [3.63, 3.8) is 0 Å². The number of imidazole rings is 1. The Morgan fingerprint density at radius 3 is 1.88 bits per heavy atom. The minimum absolute atomic E-state index is 0.173.